The number of aliphatic imine (C=N–C) groups is 1. The first-order valence-electron chi connectivity index (χ1n) is 8.73. The van der Waals surface area contributed by atoms with Crippen LogP contribution in [-0.2, 0) is 6.54 Å². The van der Waals surface area contributed by atoms with Gasteiger partial charge in [0.2, 0.25) is 0 Å². The standard InChI is InChI=1S/C18H27FN4O.HI/c1-20-18(21-11-12-6-7-17(24)16(19)8-12)22-13-9-14-4-3-5-15(10-13)23(14)2;/h6-8,13-15,24H,3-5,9-11H2,1-2H3,(H2,20,21,22);1H. The van der Waals surface area contributed by atoms with Crippen molar-refractivity contribution in [3.05, 3.63) is 29.6 Å². The van der Waals surface area contributed by atoms with E-state index < -0.39 is 5.82 Å². The smallest absolute Gasteiger partial charge is 0.191 e. The number of nitrogens with zero attached hydrogens (tertiary/aromatic N) is 2. The number of hydrogen-bond donors (Lipinski definition) is 3. The maximum absolute atomic E-state index is 13.4. The van der Waals surface area contributed by atoms with Crippen LogP contribution in [0.15, 0.2) is 23.2 Å². The molecule has 2 aliphatic rings. The van der Waals surface area contributed by atoms with E-state index >= 15 is 0 Å². The molecular formula is C18H28FIN4O. The third-order valence-electron chi connectivity index (χ3n) is 5.38. The van der Waals surface area contributed by atoms with E-state index in [1.54, 1.807) is 13.1 Å². The van der Waals surface area contributed by atoms with Crippen LogP contribution >= 0.6 is 24.0 Å². The van der Waals surface area contributed by atoms with Crippen LogP contribution in [0.25, 0.3) is 0 Å². The Kier molecular flexibility index (Phi) is 7.30. The number of hydrogen-bond acceptors (Lipinski definition) is 3. The Hall–Kier alpha value is -1.09. The molecule has 2 fully saturated rings. The normalized spacial score (nSPS) is 26.7. The highest BCUT2D eigenvalue weighted by Gasteiger charge is 2.36. The molecule has 2 unspecified atom stereocenters. The van der Waals surface area contributed by atoms with Gasteiger partial charge in [-0.2, -0.15) is 0 Å². The number of piperidine rings is 2. The SMILES string of the molecule is CN=C(NCc1ccc(O)c(F)c1)NC1CC2CCCC(C1)N2C.I. The lowest BCUT2D eigenvalue weighted by Crippen LogP contribution is -2.56. The van der Waals surface area contributed by atoms with E-state index in [0.29, 0.717) is 24.7 Å². The van der Waals surface area contributed by atoms with Gasteiger partial charge in [-0.15, -0.1) is 24.0 Å². The predicted octanol–water partition coefficient (Wildman–Crippen LogP) is 2.83. The average molecular weight is 462 g/mol. The number of nitrogens with one attached hydrogen (secondary N) is 2. The molecule has 0 aliphatic carbocycles. The van der Waals surface area contributed by atoms with Crippen molar-refractivity contribution < 1.29 is 9.50 Å². The van der Waals surface area contributed by atoms with Crippen molar-refractivity contribution in [2.75, 3.05) is 14.1 Å². The van der Waals surface area contributed by atoms with E-state index in [0.717, 1.165) is 24.4 Å². The lowest BCUT2D eigenvalue weighted by atomic mass is 9.82. The fraction of sp³-hybridized carbons (Fsp3) is 0.611. The van der Waals surface area contributed by atoms with E-state index in [4.69, 9.17) is 0 Å². The average Bonchev–Trinajstić information content (AvgIpc) is 2.55. The number of fused-ring (bicyclic) bond motifs is 2. The van der Waals surface area contributed by atoms with Crippen molar-refractivity contribution >= 4 is 29.9 Å². The molecule has 2 aliphatic heterocycles. The fourth-order valence-corrected chi connectivity index (χ4v) is 3.97. The second-order valence-electron chi connectivity index (χ2n) is 6.93. The van der Waals surface area contributed by atoms with Gasteiger partial charge in [0, 0.05) is 31.7 Å². The summed E-state index contributed by atoms with van der Waals surface area (Å²) in [6.07, 6.45) is 6.18. The van der Waals surface area contributed by atoms with Crippen LogP contribution in [0.3, 0.4) is 0 Å². The number of aromatic hydroxyl groups is 1. The third kappa shape index (κ3) is 4.97. The van der Waals surface area contributed by atoms with Gasteiger partial charge in [0.1, 0.15) is 0 Å². The van der Waals surface area contributed by atoms with Crippen LogP contribution in [0.1, 0.15) is 37.7 Å². The lowest BCUT2D eigenvalue weighted by molar-refractivity contribution is 0.0526. The predicted molar refractivity (Wildman–Crippen MR) is 109 cm³/mol. The van der Waals surface area contributed by atoms with Crippen LogP contribution in [0.4, 0.5) is 4.39 Å². The van der Waals surface area contributed by atoms with Gasteiger partial charge >= 0.3 is 0 Å². The lowest BCUT2D eigenvalue weighted by Gasteiger charge is -2.47. The number of halogens is 2. The zero-order valence-corrected chi connectivity index (χ0v) is 17.2. The molecule has 1 aromatic rings. The molecule has 3 N–H and O–H groups in total. The number of guanidine groups is 1. The molecule has 0 spiro atoms. The summed E-state index contributed by atoms with van der Waals surface area (Å²) < 4.78 is 13.4. The van der Waals surface area contributed by atoms with Crippen molar-refractivity contribution in [1.82, 2.24) is 15.5 Å². The topological polar surface area (TPSA) is 59.9 Å². The molecular weight excluding hydrogens is 434 g/mol. The van der Waals surface area contributed by atoms with Crippen molar-refractivity contribution in [2.45, 2.75) is 56.8 Å². The monoisotopic (exact) mass is 462 g/mol. The molecule has 0 radical (unpaired) electrons. The molecule has 2 saturated heterocycles. The van der Waals surface area contributed by atoms with Crippen LogP contribution in [-0.4, -0.2) is 48.2 Å². The summed E-state index contributed by atoms with van der Waals surface area (Å²) in [7, 11) is 4.00. The second kappa shape index (κ2) is 9.02. The summed E-state index contributed by atoms with van der Waals surface area (Å²) in [5.74, 6) is -0.171. The molecule has 25 heavy (non-hydrogen) atoms. The van der Waals surface area contributed by atoms with Crippen molar-refractivity contribution in [1.29, 1.82) is 0 Å². The minimum Gasteiger partial charge on any atom is -0.505 e. The van der Waals surface area contributed by atoms with Crippen molar-refractivity contribution in [3.63, 3.8) is 0 Å². The largest absolute Gasteiger partial charge is 0.505 e. The molecule has 3 rings (SSSR count). The Morgan fingerprint density at radius 1 is 1.32 bits per heavy atom. The van der Waals surface area contributed by atoms with E-state index in [9.17, 15) is 9.50 Å². The number of rotatable bonds is 3. The first-order valence-corrected chi connectivity index (χ1v) is 8.73. The summed E-state index contributed by atoms with van der Waals surface area (Å²) >= 11 is 0. The van der Waals surface area contributed by atoms with Crippen molar-refractivity contribution in [3.8, 4) is 5.75 Å². The highest BCUT2D eigenvalue weighted by Crippen LogP contribution is 2.32. The summed E-state index contributed by atoms with van der Waals surface area (Å²) in [5, 5.41) is 16.0. The molecule has 1 aromatic carbocycles. The molecule has 5 nitrogen and oxygen atoms in total. The van der Waals surface area contributed by atoms with E-state index in [1.165, 1.54) is 31.4 Å². The molecule has 2 atom stereocenters. The minimum absolute atomic E-state index is 0. The molecule has 0 saturated carbocycles. The van der Waals surface area contributed by atoms with Gasteiger partial charge in [-0.3, -0.25) is 4.99 Å². The van der Waals surface area contributed by atoms with Gasteiger partial charge in [-0.1, -0.05) is 12.5 Å². The van der Waals surface area contributed by atoms with Gasteiger partial charge in [0.05, 0.1) is 0 Å². The van der Waals surface area contributed by atoms with Crippen LogP contribution in [0.5, 0.6) is 5.75 Å². The Morgan fingerprint density at radius 2 is 2.00 bits per heavy atom. The Labute approximate surface area is 166 Å². The molecule has 2 bridgehead atoms. The molecule has 140 valence electrons. The zero-order valence-electron chi connectivity index (χ0n) is 14.8. The Morgan fingerprint density at radius 3 is 2.60 bits per heavy atom. The minimum atomic E-state index is -0.597. The molecule has 2 heterocycles. The second-order valence-corrected chi connectivity index (χ2v) is 6.93. The quantitative estimate of drug-likeness (QED) is 0.368. The Balaban J connectivity index is 0.00000225. The highest BCUT2D eigenvalue weighted by atomic mass is 127. The van der Waals surface area contributed by atoms with Crippen LogP contribution < -0.4 is 10.6 Å². The van der Waals surface area contributed by atoms with E-state index in [2.05, 4.69) is 27.6 Å². The van der Waals surface area contributed by atoms with E-state index in [-0.39, 0.29) is 29.7 Å². The summed E-state index contributed by atoms with van der Waals surface area (Å²) in [5.41, 5.74) is 0.772. The Bertz CT molecular complexity index is 599. The first kappa shape index (κ1) is 20.2. The van der Waals surface area contributed by atoms with Gasteiger partial charge in [0.25, 0.3) is 0 Å². The number of phenols is 1. The first-order chi connectivity index (χ1) is 11.6. The summed E-state index contributed by atoms with van der Waals surface area (Å²) in [6.45, 7) is 0.469. The maximum Gasteiger partial charge on any atom is 0.191 e. The van der Waals surface area contributed by atoms with Gasteiger partial charge in [0.15, 0.2) is 17.5 Å². The van der Waals surface area contributed by atoms with Gasteiger partial charge in [-0.05, 0) is 50.4 Å². The number of benzene rings is 1. The third-order valence-corrected chi connectivity index (χ3v) is 5.38. The molecule has 0 aromatic heterocycles. The summed E-state index contributed by atoms with van der Waals surface area (Å²) in [6, 6.07) is 6.19. The van der Waals surface area contributed by atoms with Crippen LogP contribution in [0, 0.1) is 5.82 Å². The fourth-order valence-electron chi connectivity index (χ4n) is 3.97. The van der Waals surface area contributed by atoms with E-state index in [1.807, 2.05) is 0 Å². The number of phenolic OH excluding ortho intramolecular Hbond substituents is 1. The van der Waals surface area contributed by atoms with Crippen LogP contribution in [0.2, 0.25) is 0 Å². The maximum atomic E-state index is 13.4. The molecule has 7 heteroatoms. The zero-order chi connectivity index (χ0) is 17.1. The van der Waals surface area contributed by atoms with Gasteiger partial charge in [-0.25, -0.2) is 4.39 Å². The molecule has 0 amide bonds. The van der Waals surface area contributed by atoms with Crippen molar-refractivity contribution in [2.24, 2.45) is 4.99 Å². The highest BCUT2D eigenvalue weighted by molar-refractivity contribution is 14.0. The summed E-state index contributed by atoms with van der Waals surface area (Å²) in [4.78, 5) is 6.83. The van der Waals surface area contributed by atoms with Gasteiger partial charge < -0.3 is 20.6 Å².